The van der Waals surface area contributed by atoms with Crippen LogP contribution in [-0.2, 0) is 19.1 Å². The molecule has 0 aromatic carbocycles. The maximum atomic E-state index is 10.8. The minimum atomic E-state index is -1.10. The van der Waals surface area contributed by atoms with E-state index in [1.165, 1.54) is 6.92 Å². The summed E-state index contributed by atoms with van der Waals surface area (Å²) in [5.74, 6) is -1.16. The van der Waals surface area contributed by atoms with Crippen LogP contribution in [0.25, 0.3) is 0 Å². The lowest BCUT2D eigenvalue weighted by atomic mass is 10.3. The van der Waals surface area contributed by atoms with Gasteiger partial charge in [0, 0.05) is 19.8 Å². The largest absolute Gasteiger partial charge is 0.446 e. The van der Waals surface area contributed by atoms with Crippen LogP contribution in [0.4, 0.5) is 0 Å². The van der Waals surface area contributed by atoms with Gasteiger partial charge in [-0.2, -0.15) is 0 Å². The van der Waals surface area contributed by atoms with Gasteiger partial charge in [-0.25, -0.2) is 0 Å². The molecule has 1 aliphatic rings. The molecule has 1 fully saturated rings. The first kappa shape index (κ1) is 7.91. The van der Waals surface area contributed by atoms with Crippen LogP contribution in [0.3, 0.4) is 0 Å². The van der Waals surface area contributed by atoms with Crippen molar-refractivity contribution in [3.63, 3.8) is 0 Å². The monoisotopic (exact) mass is 158 g/mol. The van der Waals surface area contributed by atoms with Crippen LogP contribution in [-0.4, -0.2) is 23.6 Å². The van der Waals surface area contributed by atoms with E-state index in [9.17, 15) is 14.4 Å². The molecule has 0 aromatic rings. The molecule has 0 radical (unpaired) electrons. The summed E-state index contributed by atoms with van der Waals surface area (Å²) in [6, 6.07) is 0. The number of ketones is 2. The number of esters is 1. The number of hydrogen-bond acceptors (Lipinski definition) is 4. The third-order valence-electron chi connectivity index (χ3n) is 1.49. The summed E-state index contributed by atoms with van der Waals surface area (Å²) < 4.78 is 4.50. The fourth-order valence-corrected chi connectivity index (χ4v) is 0.986. The lowest BCUT2D eigenvalue weighted by Crippen LogP contribution is -2.27. The molecule has 1 rings (SSSR count). The Morgan fingerprint density at radius 2 is 1.82 bits per heavy atom. The zero-order chi connectivity index (χ0) is 8.43. The zero-order valence-corrected chi connectivity index (χ0v) is 6.12. The summed E-state index contributed by atoms with van der Waals surface area (Å²) >= 11 is 0. The summed E-state index contributed by atoms with van der Waals surface area (Å²) in [7, 11) is 0. The smallest absolute Gasteiger partial charge is 0.303 e. The predicted octanol–water partition coefficient (Wildman–Crippen LogP) is -0.150. The van der Waals surface area contributed by atoms with Crippen molar-refractivity contribution in [2.24, 2.45) is 0 Å². The van der Waals surface area contributed by atoms with Gasteiger partial charge in [0.1, 0.15) is 0 Å². The minimum Gasteiger partial charge on any atom is -0.446 e. The van der Waals surface area contributed by atoms with Crippen LogP contribution in [0.1, 0.15) is 19.8 Å². The lowest BCUT2D eigenvalue weighted by molar-refractivity contribution is -0.155. The Balaban J connectivity index is 2.62. The van der Waals surface area contributed by atoms with Crippen LogP contribution in [0, 0.1) is 0 Å². The molecule has 1 aliphatic carbocycles. The van der Waals surface area contributed by atoms with Crippen molar-refractivity contribution >= 4 is 17.5 Å². The molecular formula is C7H8O4. The number of carbonyl (C=O) groups is 3. The maximum Gasteiger partial charge on any atom is 0.303 e. The first-order valence-corrected chi connectivity index (χ1v) is 3.34. The lowest BCUT2D eigenvalue weighted by Gasteiger charge is -2.05. The van der Waals surface area contributed by atoms with E-state index in [0.29, 0.717) is 0 Å². The zero-order valence-electron chi connectivity index (χ0n) is 6.12. The molecule has 1 saturated carbocycles. The second-order valence-corrected chi connectivity index (χ2v) is 2.42. The Morgan fingerprint density at radius 3 is 2.18 bits per heavy atom. The van der Waals surface area contributed by atoms with E-state index in [-0.39, 0.29) is 24.4 Å². The van der Waals surface area contributed by atoms with Gasteiger partial charge >= 0.3 is 5.97 Å². The highest BCUT2D eigenvalue weighted by molar-refractivity contribution is 6.12. The number of rotatable bonds is 1. The van der Waals surface area contributed by atoms with Crippen LogP contribution < -0.4 is 0 Å². The van der Waals surface area contributed by atoms with Gasteiger partial charge in [-0.1, -0.05) is 0 Å². The Bertz CT molecular complexity index is 202. The number of Topliss-reactive ketones (excluding diaryl/α,β-unsaturated/α-hetero) is 2. The molecule has 0 unspecified atom stereocenters. The van der Waals surface area contributed by atoms with Crippen LogP contribution >= 0.6 is 0 Å². The molecule has 0 aromatic heterocycles. The fraction of sp³-hybridized carbons (Fsp3) is 0.571. The van der Waals surface area contributed by atoms with Gasteiger partial charge in [-0.15, -0.1) is 0 Å². The summed E-state index contributed by atoms with van der Waals surface area (Å²) in [4.78, 5) is 32.0. The van der Waals surface area contributed by atoms with Crippen LogP contribution in [0.2, 0.25) is 0 Å². The molecule has 0 spiro atoms. The molecule has 60 valence electrons. The molecule has 0 aliphatic heterocycles. The summed E-state index contributed by atoms with van der Waals surface area (Å²) in [6.07, 6.45) is -0.694. The summed E-state index contributed by atoms with van der Waals surface area (Å²) in [6.45, 7) is 1.18. The maximum absolute atomic E-state index is 10.8. The third kappa shape index (κ3) is 1.63. The number of hydrogen-bond donors (Lipinski definition) is 0. The first-order chi connectivity index (χ1) is 5.11. The molecule has 0 amide bonds. The molecule has 11 heavy (non-hydrogen) atoms. The van der Waals surface area contributed by atoms with Crippen molar-refractivity contribution in [3.8, 4) is 0 Å². The molecule has 4 nitrogen and oxygen atoms in total. The Kier molecular flexibility index (Phi) is 2.03. The van der Waals surface area contributed by atoms with Gasteiger partial charge in [0.15, 0.2) is 11.6 Å². The van der Waals surface area contributed by atoms with Gasteiger partial charge in [0.25, 0.3) is 0 Å². The second-order valence-electron chi connectivity index (χ2n) is 2.42. The summed E-state index contributed by atoms with van der Waals surface area (Å²) in [5, 5.41) is 0. The van der Waals surface area contributed by atoms with E-state index >= 15 is 0 Å². The molecule has 4 heteroatoms. The van der Waals surface area contributed by atoms with Crippen LogP contribution in [0.15, 0.2) is 0 Å². The third-order valence-corrected chi connectivity index (χ3v) is 1.49. The van der Waals surface area contributed by atoms with E-state index in [2.05, 4.69) is 4.74 Å². The highest BCUT2D eigenvalue weighted by Gasteiger charge is 2.35. The average Bonchev–Trinajstić information content (AvgIpc) is 2.18. The van der Waals surface area contributed by atoms with E-state index in [1.54, 1.807) is 0 Å². The minimum absolute atomic E-state index is 0.205. The molecule has 0 N–H and O–H groups in total. The highest BCUT2D eigenvalue weighted by Crippen LogP contribution is 2.13. The fourth-order valence-electron chi connectivity index (χ4n) is 0.986. The standard InChI is InChI=1S/C7H8O4/c1-4(8)11-7-5(9)2-3-6(7)10/h7H,2-3H2,1H3/i1+1,4+1. The predicted molar refractivity (Wildman–Crippen MR) is 34.8 cm³/mol. The molecule has 0 bridgehead atoms. The van der Waals surface area contributed by atoms with Gasteiger partial charge in [-0.3, -0.25) is 14.4 Å². The van der Waals surface area contributed by atoms with Crippen LogP contribution in [0.5, 0.6) is 0 Å². The topological polar surface area (TPSA) is 60.4 Å². The Labute approximate surface area is 63.5 Å². The van der Waals surface area contributed by atoms with Crippen molar-refractivity contribution in [1.82, 2.24) is 0 Å². The second kappa shape index (κ2) is 2.82. The van der Waals surface area contributed by atoms with Crippen molar-refractivity contribution in [3.05, 3.63) is 0 Å². The SMILES string of the molecule is [13CH3][13C](=O)OC1C(=O)CCC1=O. The normalized spacial score (nSPS) is 19.0. The van der Waals surface area contributed by atoms with Crippen molar-refractivity contribution < 1.29 is 19.1 Å². The van der Waals surface area contributed by atoms with Crippen molar-refractivity contribution in [2.45, 2.75) is 25.9 Å². The highest BCUT2D eigenvalue weighted by atomic mass is 16.6. The Hall–Kier alpha value is -1.19. The molecule has 0 heterocycles. The van der Waals surface area contributed by atoms with E-state index in [0.717, 1.165) is 0 Å². The average molecular weight is 158 g/mol. The number of carbonyl (C=O) groups excluding carboxylic acids is 3. The van der Waals surface area contributed by atoms with E-state index in [4.69, 9.17) is 0 Å². The first-order valence-electron chi connectivity index (χ1n) is 3.34. The Morgan fingerprint density at radius 1 is 1.36 bits per heavy atom. The molecule has 0 saturated heterocycles. The molecule has 0 atom stereocenters. The van der Waals surface area contributed by atoms with Gasteiger partial charge < -0.3 is 4.74 Å². The van der Waals surface area contributed by atoms with Gasteiger partial charge in [0.05, 0.1) is 0 Å². The van der Waals surface area contributed by atoms with Crippen molar-refractivity contribution in [1.29, 1.82) is 0 Å². The van der Waals surface area contributed by atoms with E-state index < -0.39 is 12.1 Å². The summed E-state index contributed by atoms with van der Waals surface area (Å²) in [5.41, 5.74) is 0. The number of ether oxygens (including phenoxy) is 1. The van der Waals surface area contributed by atoms with E-state index in [1.807, 2.05) is 0 Å². The van der Waals surface area contributed by atoms with Gasteiger partial charge in [-0.05, 0) is 0 Å². The quantitative estimate of drug-likeness (QED) is 0.302. The molecular weight excluding hydrogens is 150 g/mol. The van der Waals surface area contributed by atoms with Crippen molar-refractivity contribution in [2.75, 3.05) is 0 Å². The van der Waals surface area contributed by atoms with Gasteiger partial charge in [0.2, 0.25) is 6.10 Å².